The fraction of sp³-hybridized carbons (Fsp3) is 0.500. The van der Waals surface area contributed by atoms with E-state index in [1.807, 2.05) is 38.1 Å². The van der Waals surface area contributed by atoms with Gasteiger partial charge in [-0.05, 0) is 12.1 Å². The van der Waals surface area contributed by atoms with Gasteiger partial charge in [-0.25, -0.2) is 0 Å². The number of benzene rings is 1. The first kappa shape index (κ1) is 13.8. The van der Waals surface area contributed by atoms with Crippen molar-refractivity contribution >= 4 is 11.6 Å². The summed E-state index contributed by atoms with van der Waals surface area (Å²) < 4.78 is 5.36. The van der Waals surface area contributed by atoms with Gasteiger partial charge in [0.15, 0.2) is 6.61 Å². The number of nitrogens with zero attached hydrogens (tertiary/aromatic N) is 1. The van der Waals surface area contributed by atoms with Crippen LogP contribution >= 0.6 is 0 Å². The molecule has 1 atom stereocenters. The fourth-order valence-electron chi connectivity index (χ4n) is 2.00. The van der Waals surface area contributed by atoms with E-state index < -0.39 is 6.10 Å². The molecular weight excluding hydrogens is 244 g/mol. The lowest BCUT2D eigenvalue weighted by Crippen LogP contribution is -2.46. The Balaban J connectivity index is 2.05. The molecule has 0 saturated carbocycles. The molecule has 1 aromatic rings. The minimum atomic E-state index is -0.600. The SMILES string of the molecule is CC(C)NCC(O)CN1C(=O)COc2ccccc21. The molecule has 1 unspecified atom stereocenters. The lowest BCUT2D eigenvalue weighted by molar-refractivity contribution is -0.121. The van der Waals surface area contributed by atoms with Crippen LogP contribution in [0, 0.1) is 0 Å². The third-order valence-corrected chi connectivity index (χ3v) is 2.96. The van der Waals surface area contributed by atoms with Gasteiger partial charge in [-0.3, -0.25) is 4.79 Å². The maximum Gasteiger partial charge on any atom is 0.265 e. The van der Waals surface area contributed by atoms with Crippen molar-refractivity contribution in [3.63, 3.8) is 0 Å². The molecule has 104 valence electrons. The predicted molar refractivity (Wildman–Crippen MR) is 73.4 cm³/mol. The molecule has 1 aliphatic heterocycles. The summed E-state index contributed by atoms with van der Waals surface area (Å²) in [4.78, 5) is 13.5. The Morgan fingerprint density at radius 1 is 1.42 bits per heavy atom. The second-order valence-corrected chi connectivity index (χ2v) is 4.98. The molecule has 5 heteroatoms. The highest BCUT2D eigenvalue weighted by molar-refractivity contribution is 5.97. The lowest BCUT2D eigenvalue weighted by Gasteiger charge is -2.31. The average Bonchev–Trinajstić information content (AvgIpc) is 2.40. The Kier molecular flexibility index (Phi) is 4.39. The summed E-state index contributed by atoms with van der Waals surface area (Å²) in [7, 11) is 0. The molecule has 0 radical (unpaired) electrons. The number of fused-ring (bicyclic) bond motifs is 1. The Morgan fingerprint density at radius 3 is 2.89 bits per heavy atom. The highest BCUT2D eigenvalue weighted by atomic mass is 16.5. The normalized spacial score (nSPS) is 16.2. The molecule has 1 heterocycles. The van der Waals surface area contributed by atoms with E-state index in [1.165, 1.54) is 0 Å². The van der Waals surface area contributed by atoms with Gasteiger partial charge in [0.1, 0.15) is 5.75 Å². The third-order valence-electron chi connectivity index (χ3n) is 2.96. The Bertz CT molecular complexity index is 448. The van der Waals surface area contributed by atoms with Crippen molar-refractivity contribution in [1.82, 2.24) is 5.32 Å². The predicted octanol–water partition coefficient (Wildman–Crippen LogP) is 0.771. The molecule has 5 nitrogen and oxygen atoms in total. The summed E-state index contributed by atoms with van der Waals surface area (Å²) in [6.07, 6.45) is -0.600. The van der Waals surface area contributed by atoms with Crippen LogP contribution in [0.3, 0.4) is 0 Å². The molecule has 0 aromatic heterocycles. The highest BCUT2D eigenvalue weighted by Crippen LogP contribution is 2.31. The van der Waals surface area contributed by atoms with E-state index in [4.69, 9.17) is 4.74 Å². The first-order valence-corrected chi connectivity index (χ1v) is 6.51. The van der Waals surface area contributed by atoms with Gasteiger partial charge in [0, 0.05) is 12.6 Å². The van der Waals surface area contributed by atoms with Crippen LogP contribution < -0.4 is 15.0 Å². The molecule has 0 aliphatic carbocycles. The zero-order valence-corrected chi connectivity index (χ0v) is 11.3. The monoisotopic (exact) mass is 264 g/mol. The van der Waals surface area contributed by atoms with Gasteiger partial charge in [0.25, 0.3) is 5.91 Å². The third kappa shape index (κ3) is 3.45. The van der Waals surface area contributed by atoms with Gasteiger partial charge in [-0.2, -0.15) is 0 Å². The van der Waals surface area contributed by atoms with Crippen molar-refractivity contribution in [3.8, 4) is 5.75 Å². The van der Waals surface area contributed by atoms with Crippen LogP contribution in [0.1, 0.15) is 13.8 Å². The number of β-amino-alcohol motifs (C(OH)–C–C–N with tert-alkyl or cyclic N) is 1. The number of ether oxygens (including phenoxy) is 1. The van der Waals surface area contributed by atoms with Crippen molar-refractivity contribution in [2.24, 2.45) is 0 Å². The van der Waals surface area contributed by atoms with E-state index in [0.29, 0.717) is 18.3 Å². The first-order valence-electron chi connectivity index (χ1n) is 6.51. The van der Waals surface area contributed by atoms with Crippen LogP contribution in [0.25, 0.3) is 0 Å². The minimum absolute atomic E-state index is 0.0291. The minimum Gasteiger partial charge on any atom is -0.482 e. The van der Waals surface area contributed by atoms with E-state index >= 15 is 0 Å². The number of amides is 1. The van der Waals surface area contributed by atoms with Gasteiger partial charge >= 0.3 is 0 Å². The summed E-state index contributed by atoms with van der Waals surface area (Å²) in [5.74, 6) is 0.563. The summed E-state index contributed by atoms with van der Waals surface area (Å²) >= 11 is 0. The van der Waals surface area contributed by atoms with Gasteiger partial charge in [0.2, 0.25) is 0 Å². The average molecular weight is 264 g/mol. The van der Waals surface area contributed by atoms with Crippen molar-refractivity contribution in [2.75, 3.05) is 24.6 Å². The largest absolute Gasteiger partial charge is 0.482 e. The second-order valence-electron chi connectivity index (χ2n) is 4.98. The molecule has 19 heavy (non-hydrogen) atoms. The smallest absolute Gasteiger partial charge is 0.265 e. The van der Waals surface area contributed by atoms with E-state index in [-0.39, 0.29) is 19.1 Å². The molecule has 1 amide bonds. The van der Waals surface area contributed by atoms with Gasteiger partial charge < -0.3 is 20.1 Å². The van der Waals surface area contributed by atoms with Gasteiger partial charge in [0.05, 0.1) is 18.3 Å². The molecule has 2 rings (SSSR count). The van der Waals surface area contributed by atoms with Crippen molar-refractivity contribution in [3.05, 3.63) is 24.3 Å². The zero-order chi connectivity index (χ0) is 13.8. The summed E-state index contributed by atoms with van der Waals surface area (Å²) in [6.45, 7) is 4.80. The Hall–Kier alpha value is -1.59. The maximum atomic E-state index is 11.9. The topological polar surface area (TPSA) is 61.8 Å². The lowest BCUT2D eigenvalue weighted by atomic mass is 10.2. The number of nitrogens with one attached hydrogen (secondary N) is 1. The number of rotatable bonds is 5. The molecule has 0 fully saturated rings. The van der Waals surface area contributed by atoms with Crippen LogP contribution in [0.2, 0.25) is 0 Å². The van der Waals surface area contributed by atoms with Crippen molar-refractivity contribution in [2.45, 2.75) is 26.0 Å². The highest BCUT2D eigenvalue weighted by Gasteiger charge is 2.26. The number of para-hydroxylation sites is 2. The fourth-order valence-corrected chi connectivity index (χ4v) is 2.00. The summed E-state index contributed by atoms with van der Waals surface area (Å²) in [5.41, 5.74) is 0.724. The van der Waals surface area contributed by atoms with Crippen molar-refractivity contribution in [1.29, 1.82) is 0 Å². The summed E-state index contributed by atoms with van der Waals surface area (Å²) in [5, 5.41) is 13.2. The van der Waals surface area contributed by atoms with E-state index in [2.05, 4.69) is 5.32 Å². The van der Waals surface area contributed by atoms with Crippen LogP contribution in [-0.4, -0.2) is 42.9 Å². The quantitative estimate of drug-likeness (QED) is 0.824. The van der Waals surface area contributed by atoms with Crippen LogP contribution in [0.4, 0.5) is 5.69 Å². The number of aliphatic hydroxyl groups excluding tert-OH is 1. The van der Waals surface area contributed by atoms with Gasteiger partial charge in [-0.1, -0.05) is 26.0 Å². The number of carbonyl (C=O) groups is 1. The molecule has 1 aliphatic rings. The number of anilines is 1. The number of hydrogen-bond acceptors (Lipinski definition) is 4. The van der Waals surface area contributed by atoms with Crippen LogP contribution in [0.15, 0.2) is 24.3 Å². The summed E-state index contributed by atoms with van der Waals surface area (Å²) in [6, 6.07) is 7.68. The van der Waals surface area contributed by atoms with Crippen molar-refractivity contribution < 1.29 is 14.6 Å². The molecule has 0 spiro atoms. The van der Waals surface area contributed by atoms with Crippen LogP contribution in [-0.2, 0) is 4.79 Å². The first-order chi connectivity index (χ1) is 9.08. The Morgan fingerprint density at radius 2 is 2.16 bits per heavy atom. The zero-order valence-electron chi connectivity index (χ0n) is 11.3. The van der Waals surface area contributed by atoms with E-state index in [1.54, 1.807) is 4.90 Å². The number of carbonyl (C=O) groups excluding carboxylic acids is 1. The second kappa shape index (κ2) is 6.04. The van der Waals surface area contributed by atoms with E-state index in [0.717, 1.165) is 5.69 Å². The van der Waals surface area contributed by atoms with Gasteiger partial charge in [-0.15, -0.1) is 0 Å². The molecule has 1 aromatic carbocycles. The standard InChI is InChI=1S/C14H20N2O3/c1-10(2)15-7-11(17)8-16-12-5-3-4-6-13(12)19-9-14(16)18/h3-6,10-11,15,17H,7-9H2,1-2H3. The molecule has 2 N–H and O–H groups in total. The molecule has 0 bridgehead atoms. The number of hydrogen-bond donors (Lipinski definition) is 2. The number of aliphatic hydroxyl groups is 1. The molecule has 0 saturated heterocycles. The van der Waals surface area contributed by atoms with E-state index in [9.17, 15) is 9.90 Å². The molecular formula is C14H20N2O3. The maximum absolute atomic E-state index is 11.9. The Labute approximate surface area is 113 Å². The van der Waals surface area contributed by atoms with Crippen LogP contribution in [0.5, 0.6) is 5.75 Å².